The van der Waals surface area contributed by atoms with Crippen molar-refractivity contribution in [3.63, 3.8) is 0 Å². The first-order valence-corrected chi connectivity index (χ1v) is 5.24. The molecule has 1 saturated carbocycles. The van der Waals surface area contributed by atoms with Crippen molar-refractivity contribution in [1.82, 2.24) is 5.32 Å². The second kappa shape index (κ2) is 4.77. The fourth-order valence-corrected chi connectivity index (χ4v) is 1.50. The van der Waals surface area contributed by atoms with Gasteiger partial charge in [-0.2, -0.15) is 0 Å². The van der Waals surface area contributed by atoms with Gasteiger partial charge in [0, 0.05) is 6.92 Å². The molecule has 5 heteroatoms. The van der Waals surface area contributed by atoms with Crippen molar-refractivity contribution in [3.05, 3.63) is 0 Å². The number of hydrogen-bond acceptors (Lipinski definition) is 2. The second-order valence-electron chi connectivity index (χ2n) is 4.13. The molecule has 15 heavy (non-hydrogen) atoms. The van der Waals surface area contributed by atoms with E-state index in [4.69, 9.17) is 4.74 Å². The van der Waals surface area contributed by atoms with Crippen molar-refractivity contribution in [3.8, 4) is 0 Å². The second-order valence-corrected chi connectivity index (χ2v) is 4.13. The minimum atomic E-state index is -2.92. The molecular formula is C10H17F2NO2. The van der Waals surface area contributed by atoms with Crippen LogP contribution in [0.2, 0.25) is 0 Å². The Hall–Kier alpha value is -0.870. The van der Waals surface area contributed by atoms with Crippen molar-refractivity contribution in [1.29, 1.82) is 0 Å². The maximum Gasteiger partial charge on any atom is 0.407 e. The highest BCUT2D eigenvalue weighted by Gasteiger charge is 2.32. The normalized spacial score (nSPS) is 20.0. The number of amides is 1. The van der Waals surface area contributed by atoms with Gasteiger partial charge in [-0.15, -0.1) is 0 Å². The predicted molar refractivity (Wildman–Crippen MR) is 52.0 cm³/mol. The summed E-state index contributed by atoms with van der Waals surface area (Å²) in [5, 5.41) is 2.14. The molecule has 1 unspecified atom stereocenters. The summed E-state index contributed by atoms with van der Waals surface area (Å²) < 4.78 is 30.4. The third kappa shape index (κ3) is 4.01. The van der Waals surface area contributed by atoms with Crippen LogP contribution in [-0.4, -0.2) is 24.2 Å². The highest BCUT2D eigenvalue weighted by molar-refractivity contribution is 5.67. The number of carbonyl (C=O) groups is 1. The zero-order valence-electron chi connectivity index (χ0n) is 9.06. The molecule has 0 aromatic carbocycles. The van der Waals surface area contributed by atoms with Crippen LogP contribution < -0.4 is 5.32 Å². The van der Waals surface area contributed by atoms with Gasteiger partial charge in [-0.3, -0.25) is 0 Å². The number of carbonyl (C=O) groups excluding carboxylic acids is 1. The van der Waals surface area contributed by atoms with Gasteiger partial charge in [-0.05, 0) is 32.6 Å². The van der Waals surface area contributed by atoms with Crippen LogP contribution >= 0.6 is 0 Å². The molecule has 1 rings (SSSR count). The minimum absolute atomic E-state index is 0.0947. The molecule has 0 aromatic heterocycles. The van der Waals surface area contributed by atoms with E-state index in [1.807, 2.05) is 0 Å². The van der Waals surface area contributed by atoms with Gasteiger partial charge in [0.05, 0.1) is 6.04 Å². The predicted octanol–water partition coefficient (Wildman–Crippen LogP) is 2.70. The number of rotatable bonds is 3. The molecule has 3 nitrogen and oxygen atoms in total. The number of alkyl carbamates (subject to hydrolysis) is 1. The summed E-state index contributed by atoms with van der Waals surface area (Å²) in [4.78, 5) is 11.2. The minimum Gasteiger partial charge on any atom is -0.446 e. The first-order chi connectivity index (χ1) is 6.89. The van der Waals surface area contributed by atoms with Crippen LogP contribution in [0.3, 0.4) is 0 Å². The van der Waals surface area contributed by atoms with Crippen LogP contribution in [0.25, 0.3) is 0 Å². The van der Waals surface area contributed by atoms with E-state index in [0.717, 1.165) is 32.6 Å². The van der Waals surface area contributed by atoms with Crippen LogP contribution in [-0.2, 0) is 4.74 Å². The molecule has 1 aliphatic rings. The van der Waals surface area contributed by atoms with Crippen LogP contribution in [0.5, 0.6) is 0 Å². The summed E-state index contributed by atoms with van der Waals surface area (Å²) in [5.41, 5.74) is 0. The van der Waals surface area contributed by atoms with Crippen LogP contribution in [0.15, 0.2) is 0 Å². The molecule has 1 fully saturated rings. The average molecular weight is 221 g/mol. The molecular weight excluding hydrogens is 204 g/mol. The van der Waals surface area contributed by atoms with Gasteiger partial charge in [0.2, 0.25) is 0 Å². The molecule has 1 N–H and O–H groups in total. The first kappa shape index (κ1) is 12.2. The highest BCUT2D eigenvalue weighted by atomic mass is 19.3. The van der Waals surface area contributed by atoms with E-state index in [9.17, 15) is 13.6 Å². The summed E-state index contributed by atoms with van der Waals surface area (Å²) in [6.07, 6.45) is 2.92. The molecule has 0 saturated heterocycles. The lowest BCUT2D eigenvalue weighted by Gasteiger charge is -2.21. The largest absolute Gasteiger partial charge is 0.446 e. The third-order valence-electron chi connectivity index (χ3n) is 2.67. The molecule has 88 valence electrons. The molecule has 0 aliphatic heterocycles. The topological polar surface area (TPSA) is 38.3 Å². The van der Waals surface area contributed by atoms with Gasteiger partial charge in [0.15, 0.2) is 0 Å². The Bertz CT molecular complexity index is 222. The van der Waals surface area contributed by atoms with Gasteiger partial charge in [0.25, 0.3) is 5.92 Å². The lowest BCUT2D eigenvalue weighted by atomic mass is 10.2. The first-order valence-electron chi connectivity index (χ1n) is 5.24. The SMILES string of the molecule is CC(NC(=O)OC1CCCC1)C(C)(F)F. The summed E-state index contributed by atoms with van der Waals surface area (Å²) >= 11 is 0. The van der Waals surface area contributed by atoms with E-state index in [1.165, 1.54) is 6.92 Å². The molecule has 1 aliphatic carbocycles. The number of halogens is 2. The molecule has 0 radical (unpaired) electrons. The Morgan fingerprint density at radius 1 is 1.47 bits per heavy atom. The Kier molecular flexibility index (Phi) is 3.88. The van der Waals surface area contributed by atoms with E-state index in [0.29, 0.717) is 0 Å². The lowest BCUT2D eigenvalue weighted by Crippen LogP contribution is -2.44. The van der Waals surface area contributed by atoms with Gasteiger partial charge < -0.3 is 10.1 Å². The van der Waals surface area contributed by atoms with Gasteiger partial charge in [-0.1, -0.05) is 0 Å². The molecule has 1 atom stereocenters. The average Bonchev–Trinajstić information content (AvgIpc) is 2.54. The van der Waals surface area contributed by atoms with E-state index < -0.39 is 18.1 Å². The highest BCUT2D eigenvalue weighted by Crippen LogP contribution is 2.21. The van der Waals surface area contributed by atoms with E-state index >= 15 is 0 Å². The summed E-state index contributed by atoms with van der Waals surface area (Å²) in [5.74, 6) is -2.92. The monoisotopic (exact) mass is 221 g/mol. The van der Waals surface area contributed by atoms with Crippen LogP contribution in [0, 0.1) is 0 Å². The van der Waals surface area contributed by atoms with Crippen molar-refractivity contribution >= 4 is 6.09 Å². The van der Waals surface area contributed by atoms with Gasteiger partial charge in [0.1, 0.15) is 6.10 Å². The quantitative estimate of drug-likeness (QED) is 0.795. The zero-order valence-corrected chi connectivity index (χ0v) is 9.06. The van der Waals surface area contributed by atoms with E-state index in [-0.39, 0.29) is 6.10 Å². The molecule has 0 heterocycles. The van der Waals surface area contributed by atoms with Crippen molar-refractivity contribution in [2.45, 2.75) is 57.6 Å². The standard InChI is InChI=1S/C10H17F2NO2/c1-7(10(2,11)12)13-9(14)15-8-5-3-4-6-8/h7-8H,3-6H2,1-2H3,(H,13,14). The number of alkyl halides is 2. The zero-order chi connectivity index (χ0) is 11.5. The Morgan fingerprint density at radius 2 is 2.00 bits per heavy atom. The van der Waals surface area contributed by atoms with Crippen molar-refractivity contribution < 1.29 is 18.3 Å². The van der Waals surface area contributed by atoms with Crippen LogP contribution in [0.1, 0.15) is 39.5 Å². The molecule has 0 aromatic rings. The van der Waals surface area contributed by atoms with Crippen molar-refractivity contribution in [2.24, 2.45) is 0 Å². The molecule has 0 bridgehead atoms. The third-order valence-corrected chi connectivity index (χ3v) is 2.67. The summed E-state index contributed by atoms with van der Waals surface area (Å²) in [6.45, 7) is 2.03. The van der Waals surface area contributed by atoms with E-state index in [2.05, 4.69) is 5.32 Å². The fourth-order valence-electron chi connectivity index (χ4n) is 1.50. The van der Waals surface area contributed by atoms with Gasteiger partial charge >= 0.3 is 6.09 Å². The summed E-state index contributed by atoms with van der Waals surface area (Å²) in [7, 11) is 0. The number of ether oxygens (including phenoxy) is 1. The number of hydrogen-bond donors (Lipinski definition) is 1. The fraction of sp³-hybridized carbons (Fsp3) is 0.900. The number of nitrogens with one attached hydrogen (secondary N) is 1. The Labute approximate surface area is 88.2 Å². The molecule has 0 spiro atoms. The van der Waals surface area contributed by atoms with Crippen molar-refractivity contribution in [2.75, 3.05) is 0 Å². The Balaban J connectivity index is 2.29. The molecule has 1 amide bonds. The van der Waals surface area contributed by atoms with E-state index in [1.54, 1.807) is 0 Å². The van der Waals surface area contributed by atoms with Crippen LogP contribution in [0.4, 0.5) is 13.6 Å². The van der Waals surface area contributed by atoms with Gasteiger partial charge in [-0.25, -0.2) is 13.6 Å². The maximum absolute atomic E-state index is 12.7. The Morgan fingerprint density at radius 3 is 2.47 bits per heavy atom. The smallest absolute Gasteiger partial charge is 0.407 e. The summed E-state index contributed by atoms with van der Waals surface area (Å²) in [6, 6.07) is -1.20. The maximum atomic E-state index is 12.7. The lowest BCUT2D eigenvalue weighted by molar-refractivity contribution is -0.0143.